The predicted octanol–water partition coefficient (Wildman–Crippen LogP) is 1.17. The third-order valence-electron chi connectivity index (χ3n) is 2.79. The van der Waals surface area contributed by atoms with Crippen molar-refractivity contribution in [2.24, 2.45) is 5.14 Å². The van der Waals surface area contributed by atoms with Crippen LogP contribution >= 0.6 is 0 Å². The van der Waals surface area contributed by atoms with Gasteiger partial charge in [0.1, 0.15) is 5.82 Å². The predicted molar refractivity (Wildman–Crippen MR) is 58.2 cm³/mol. The molecule has 1 aromatic carbocycles. The second-order valence-electron chi connectivity index (χ2n) is 3.84. The molecule has 0 aromatic heterocycles. The Kier molecular flexibility index (Phi) is 2.96. The van der Waals surface area contributed by atoms with Crippen LogP contribution in [-0.2, 0) is 10.2 Å². The maximum atomic E-state index is 13.5. The van der Waals surface area contributed by atoms with Crippen molar-refractivity contribution in [1.29, 1.82) is 0 Å². The number of rotatable bonds is 2. The lowest BCUT2D eigenvalue weighted by atomic mass is 10.1. The first-order valence-electron chi connectivity index (χ1n) is 5.04. The monoisotopic (exact) mass is 244 g/mol. The fourth-order valence-corrected chi connectivity index (χ4v) is 3.06. The van der Waals surface area contributed by atoms with E-state index in [1.807, 2.05) is 0 Å². The number of hydrogen-bond acceptors (Lipinski definition) is 2. The molecule has 0 bridgehead atoms. The molecule has 2 N–H and O–H groups in total. The van der Waals surface area contributed by atoms with Gasteiger partial charge >= 0.3 is 0 Å². The highest BCUT2D eigenvalue weighted by Gasteiger charge is 2.34. The standard InChI is InChI=1S/C10H13FN2O2S/c11-9-5-2-1-4-8(9)10-6-3-7-13(10)16(12,14)15/h1-2,4-5,10H,3,6-7H2,(H2,12,14,15). The summed E-state index contributed by atoms with van der Waals surface area (Å²) >= 11 is 0. The zero-order valence-electron chi connectivity index (χ0n) is 8.64. The van der Waals surface area contributed by atoms with Crippen molar-refractivity contribution in [3.8, 4) is 0 Å². The first-order valence-corrected chi connectivity index (χ1v) is 6.54. The van der Waals surface area contributed by atoms with Crippen molar-refractivity contribution >= 4 is 10.2 Å². The molecule has 16 heavy (non-hydrogen) atoms. The summed E-state index contributed by atoms with van der Waals surface area (Å²) in [6.07, 6.45) is 1.31. The van der Waals surface area contributed by atoms with E-state index >= 15 is 0 Å². The molecule has 0 radical (unpaired) electrons. The normalized spacial score (nSPS) is 22.5. The van der Waals surface area contributed by atoms with Crippen LogP contribution in [0.25, 0.3) is 0 Å². The lowest BCUT2D eigenvalue weighted by Crippen LogP contribution is -2.36. The SMILES string of the molecule is NS(=O)(=O)N1CCCC1c1ccccc1F. The summed E-state index contributed by atoms with van der Waals surface area (Å²) < 4.78 is 37.3. The van der Waals surface area contributed by atoms with E-state index in [1.54, 1.807) is 18.2 Å². The average Bonchev–Trinajstić information content (AvgIpc) is 2.66. The van der Waals surface area contributed by atoms with Crippen LogP contribution in [0, 0.1) is 5.82 Å². The molecule has 1 aromatic rings. The summed E-state index contributed by atoms with van der Waals surface area (Å²) in [5.74, 6) is -0.386. The van der Waals surface area contributed by atoms with E-state index < -0.39 is 16.3 Å². The molecule has 0 amide bonds. The minimum Gasteiger partial charge on any atom is -0.216 e. The van der Waals surface area contributed by atoms with Gasteiger partial charge in [0, 0.05) is 12.1 Å². The van der Waals surface area contributed by atoms with Crippen LogP contribution in [0.15, 0.2) is 24.3 Å². The van der Waals surface area contributed by atoms with Gasteiger partial charge in [-0.3, -0.25) is 0 Å². The molecular formula is C10H13FN2O2S. The Bertz CT molecular complexity index is 489. The topological polar surface area (TPSA) is 63.4 Å². The van der Waals surface area contributed by atoms with Gasteiger partial charge in [-0.1, -0.05) is 18.2 Å². The van der Waals surface area contributed by atoms with E-state index in [9.17, 15) is 12.8 Å². The minimum atomic E-state index is -3.75. The quantitative estimate of drug-likeness (QED) is 0.848. The number of nitrogens with zero attached hydrogens (tertiary/aromatic N) is 1. The first kappa shape index (κ1) is 11.5. The van der Waals surface area contributed by atoms with Crippen LogP contribution in [0.5, 0.6) is 0 Å². The molecule has 2 rings (SSSR count). The van der Waals surface area contributed by atoms with Gasteiger partial charge in [-0.15, -0.1) is 0 Å². The summed E-state index contributed by atoms with van der Waals surface area (Å²) in [5, 5.41) is 5.09. The lowest BCUT2D eigenvalue weighted by molar-refractivity contribution is 0.387. The zero-order chi connectivity index (χ0) is 11.8. The summed E-state index contributed by atoms with van der Waals surface area (Å²) in [6, 6.07) is 5.74. The number of nitrogens with two attached hydrogens (primary N) is 1. The summed E-state index contributed by atoms with van der Waals surface area (Å²) in [4.78, 5) is 0. The number of halogens is 1. The highest BCUT2D eigenvalue weighted by Crippen LogP contribution is 2.34. The summed E-state index contributed by atoms with van der Waals surface area (Å²) in [7, 11) is -3.75. The highest BCUT2D eigenvalue weighted by atomic mass is 32.2. The minimum absolute atomic E-state index is 0.359. The van der Waals surface area contributed by atoms with E-state index in [0.29, 0.717) is 24.9 Å². The second-order valence-corrected chi connectivity index (χ2v) is 5.33. The molecule has 4 nitrogen and oxygen atoms in total. The molecule has 0 saturated carbocycles. The molecule has 1 fully saturated rings. The largest absolute Gasteiger partial charge is 0.277 e. The van der Waals surface area contributed by atoms with E-state index in [4.69, 9.17) is 5.14 Å². The van der Waals surface area contributed by atoms with Crippen molar-refractivity contribution in [3.63, 3.8) is 0 Å². The second kappa shape index (κ2) is 4.12. The Morgan fingerprint density at radius 2 is 2.06 bits per heavy atom. The van der Waals surface area contributed by atoms with Crippen LogP contribution in [0.1, 0.15) is 24.4 Å². The van der Waals surface area contributed by atoms with Crippen LogP contribution in [-0.4, -0.2) is 19.3 Å². The van der Waals surface area contributed by atoms with Crippen LogP contribution in [0.4, 0.5) is 4.39 Å². The van der Waals surface area contributed by atoms with Gasteiger partial charge in [-0.2, -0.15) is 12.7 Å². The molecule has 1 aliphatic rings. The van der Waals surface area contributed by atoms with Crippen molar-refractivity contribution in [2.45, 2.75) is 18.9 Å². The van der Waals surface area contributed by atoms with E-state index in [-0.39, 0.29) is 5.82 Å². The van der Waals surface area contributed by atoms with Gasteiger partial charge in [0.05, 0.1) is 6.04 Å². The Labute approximate surface area is 94.0 Å². The third kappa shape index (κ3) is 2.09. The van der Waals surface area contributed by atoms with Gasteiger partial charge in [0.2, 0.25) is 0 Å². The lowest BCUT2D eigenvalue weighted by Gasteiger charge is -2.22. The van der Waals surface area contributed by atoms with Gasteiger partial charge in [-0.05, 0) is 18.9 Å². The van der Waals surface area contributed by atoms with E-state index in [2.05, 4.69) is 0 Å². The molecule has 1 aliphatic heterocycles. The fourth-order valence-electron chi connectivity index (χ4n) is 2.10. The maximum absolute atomic E-state index is 13.5. The van der Waals surface area contributed by atoms with Gasteiger partial charge in [0.15, 0.2) is 0 Å². The Morgan fingerprint density at radius 3 is 2.69 bits per heavy atom. The molecule has 1 saturated heterocycles. The fraction of sp³-hybridized carbons (Fsp3) is 0.400. The zero-order valence-corrected chi connectivity index (χ0v) is 9.45. The average molecular weight is 244 g/mol. The van der Waals surface area contributed by atoms with Crippen LogP contribution in [0.3, 0.4) is 0 Å². The molecular weight excluding hydrogens is 231 g/mol. The molecule has 1 atom stereocenters. The number of hydrogen-bond donors (Lipinski definition) is 1. The van der Waals surface area contributed by atoms with Crippen molar-refractivity contribution < 1.29 is 12.8 Å². The Balaban J connectivity index is 2.38. The van der Waals surface area contributed by atoms with Crippen molar-refractivity contribution in [3.05, 3.63) is 35.6 Å². The molecule has 1 unspecified atom stereocenters. The Hall–Kier alpha value is -0.980. The van der Waals surface area contributed by atoms with Gasteiger partial charge in [-0.25, -0.2) is 9.53 Å². The third-order valence-corrected chi connectivity index (χ3v) is 3.89. The molecule has 0 aliphatic carbocycles. The summed E-state index contributed by atoms with van der Waals surface area (Å²) in [6.45, 7) is 0.359. The molecule has 1 heterocycles. The van der Waals surface area contributed by atoms with Gasteiger partial charge < -0.3 is 0 Å². The number of benzene rings is 1. The van der Waals surface area contributed by atoms with Crippen molar-refractivity contribution in [2.75, 3.05) is 6.54 Å². The molecule has 6 heteroatoms. The first-order chi connectivity index (χ1) is 7.50. The molecule has 0 spiro atoms. The maximum Gasteiger partial charge on any atom is 0.277 e. The smallest absolute Gasteiger partial charge is 0.216 e. The summed E-state index contributed by atoms with van der Waals surface area (Å²) in [5.41, 5.74) is 0.397. The van der Waals surface area contributed by atoms with Crippen molar-refractivity contribution in [1.82, 2.24) is 4.31 Å². The Morgan fingerprint density at radius 1 is 1.38 bits per heavy atom. The van der Waals surface area contributed by atoms with Crippen LogP contribution in [0.2, 0.25) is 0 Å². The highest BCUT2D eigenvalue weighted by molar-refractivity contribution is 7.86. The molecule has 88 valence electrons. The van der Waals surface area contributed by atoms with E-state index in [0.717, 1.165) is 4.31 Å². The van der Waals surface area contributed by atoms with Gasteiger partial charge in [0.25, 0.3) is 10.2 Å². The van der Waals surface area contributed by atoms with E-state index in [1.165, 1.54) is 6.07 Å². The van der Waals surface area contributed by atoms with Crippen LogP contribution < -0.4 is 5.14 Å².